The molecule has 2 aromatic carbocycles. The second-order valence-electron chi connectivity index (χ2n) is 7.72. The first-order chi connectivity index (χ1) is 16.1. The molecule has 184 valence electrons. The molecule has 0 unspecified atom stereocenters. The average molecular weight is 479 g/mol. The number of ether oxygens (including phenoxy) is 1. The summed E-state index contributed by atoms with van der Waals surface area (Å²) in [5, 5.41) is 5.11. The van der Waals surface area contributed by atoms with Crippen molar-refractivity contribution in [2.24, 2.45) is 5.73 Å². The lowest BCUT2D eigenvalue weighted by Gasteiger charge is -2.16. The first-order valence-electron chi connectivity index (χ1n) is 10.8. The fourth-order valence-corrected chi connectivity index (χ4v) is 3.15. The average Bonchev–Trinajstić information content (AvgIpc) is 2.79. The monoisotopic (exact) mass is 479 g/mol. The molecule has 7 nitrogen and oxygen atoms in total. The number of unbranched alkanes of at least 4 members (excludes halogenated alkanes) is 2. The zero-order valence-electron chi connectivity index (χ0n) is 18.6. The molecule has 0 aliphatic rings. The van der Waals surface area contributed by atoms with Gasteiger partial charge in [-0.15, -0.1) is 0 Å². The van der Waals surface area contributed by atoms with Crippen LogP contribution in [0.2, 0.25) is 0 Å². The minimum atomic E-state index is -4.50. The summed E-state index contributed by atoms with van der Waals surface area (Å²) >= 11 is 0. The number of carbonyl (C=O) groups excluding carboxylic acids is 3. The highest BCUT2D eigenvalue weighted by atomic mass is 19.4. The van der Waals surface area contributed by atoms with Crippen LogP contribution in [0, 0.1) is 0 Å². The summed E-state index contributed by atoms with van der Waals surface area (Å²) in [5.74, 6) is -1.25. The third kappa shape index (κ3) is 9.93. The topological polar surface area (TPSA) is 111 Å². The largest absolute Gasteiger partial charge is 0.445 e. The van der Waals surface area contributed by atoms with Gasteiger partial charge in [-0.25, -0.2) is 4.79 Å². The van der Waals surface area contributed by atoms with E-state index >= 15 is 0 Å². The van der Waals surface area contributed by atoms with Gasteiger partial charge in [-0.05, 0) is 30.0 Å². The number of alkyl carbamates (subject to hydrolysis) is 1. The van der Waals surface area contributed by atoms with Crippen molar-refractivity contribution in [1.29, 1.82) is 0 Å². The number of nitrogens with two attached hydrogens (primary N) is 1. The van der Waals surface area contributed by atoms with Crippen molar-refractivity contribution in [2.75, 3.05) is 6.54 Å². The van der Waals surface area contributed by atoms with Gasteiger partial charge in [0.2, 0.25) is 11.8 Å². The number of primary amides is 1. The van der Waals surface area contributed by atoms with Crippen LogP contribution in [0.5, 0.6) is 0 Å². The van der Waals surface area contributed by atoms with Crippen LogP contribution >= 0.6 is 0 Å². The van der Waals surface area contributed by atoms with Crippen molar-refractivity contribution in [2.45, 2.75) is 50.9 Å². The Morgan fingerprint density at radius 2 is 1.65 bits per heavy atom. The fraction of sp³-hybridized carbons (Fsp3) is 0.375. The molecule has 2 aromatic rings. The Balaban J connectivity index is 1.65. The Morgan fingerprint density at radius 3 is 2.32 bits per heavy atom. The lowest BCUT2D eigenvalue weighted by atomic mass is 10.0. The number of hydrogen-bond acceptors (Lipinski definition) is 4. The number of rotatable bonds is 12. The number of halogens is 3. The second-order valence-corrected chi connectivity index (χ2v) is 7.72. The number of hydrogen-bond donors (Lipinski definition) is 3. The molecule has 2 rings (SSSR count). The Hall–Kier alpha value is -3.56. The molecule has 0 fully saturated rings. The molecule has 34 heavy (non-hydrogen) atoms. The van der Waals surface area contributed by atoms with Crippen molar-refractivity contribution in [1.82, 2.24) is 10.6 Å². The molecule has 0 aliphatic carbocycles. The van der Waals surface area contributed by atoms with Gasteiger partial charge in [0.1, 0.15) is 12.6 Å². The summed E-state index contributed by atoms with van der Waals surface area (Å²) in [7, 11) is 0. The van der Waals surface area contributed by atoms with E-state index in [0.717, 1.165) is 17.7 Å². The third-order valence-electron chi connectivity index (χ3n) is 4.94. The Labute approximate surface area is 195 Å². The Kier molecular flexibility index (Phi) is 10.4. The van der Waals surface area contributed by atoms with Gasteiger partial charge in [-0.3, -0.25) is 9.59 Å². The van der Waals surface area contributed by atoms with Gasteiger partial charge in [0, 0.05) is 19.4 Å². The summed E-state index contributed by atoms with van der Waals surface area (Å²) in [6, 6.07) is 12.7. The standard InChI is InChI=1S/C24H28F3N3O4/c25-24(26,27)19-11-7-10-18(14-19)15-20(22(28)32)30-21(31)12-5-2-6-13-29-23(33)34-16-17-8-3-1-4-9-17/h1,3-4,7-11,14,20H,2,5-6,12-13,15-16H2,(H2,28,32)(H,29,33)(H,30,31)/t20-/m0/s1. The first kappa shape index (κ1) is 26.7. The lowest BCUT2D eigenvalue weighted by Crippen LogP contribution is -2.45. The Bertz CT molecular complexity index is 952. The molecule has 0 radical (unpaired) electrons. The molecule has 0 aromatic heterocycles. The van der Waals surface area contributed by atoms with Crippen LogP contribution in [-0.4, -0.2) is 30.5 Å². The molecule has 10 heteroatoms. The van der Waals surface area contributed by atoms with Gasteiger partial charge in [0.15, 0.2) is 0 Å². The second kappa shape index (κ2) is 13.2. The molecular formula is C24H28F3N3O4. The van der Waals surface area contributed by atoms with Crippen LogP contribution in [-0.2, 0) is 33.5 Å². The number of carbonyl (C=O) groups is 3. The van der Waals surface area contributed by atoms with Crippen LogP contribution in [0.4, 0.5) is 18.0 Å². The molecule has 0 saturated heterocycles. The van der Waals surface area contributed by atoms with E-state index in [2.05, 4.69) is 10.6 Å². The third-order valence-corrected chi connectivity index (χ3v) is 4.94. The molecule has 4 N–H and O–H groups in total. The fourth-order valence-electron chi connectivity index (χ4n) is 3.15. The van der Waals surface area contributed by atoms with Gasteiger partial charge in [-0.2, -0.15) is 13.2 Å². The highest BCUT2D eigenvalue weighted by molar-refractivity contribution is 5.86. The number of nitrogens with one attached hydrogen (secondary N) is 2. The molecule has 0 bridgehead atoms. The molecular weight excluding hydrogens is 451 g/mol. The first-order valence-corrected chi connectivity index (χ1v) is 10.8. The van der Waals surface area contributed by atoms with Crippen molar-refractivity contribution in [3.05, 3.63) is 71.3 Å². The van der Waals surface area contributed by atoms with Gasteiger partial charge in [-0.1, -0.05) is 55.0 Å². The van der Waals surface area contributed by atoms with Crippen molar-refractivity contribution < 1.29 is 32.3 Å². The highest BCUT2D eigenvalue weighted by Crippen LogP contribution is 2.29. The number of alkyl halides is 3. The van der Waals surface area contributed by atoms with Crippen molar-refractivity contribution >= 4 is 17.9 Å². The summed E-state index contributed by atoms with van der Waals surface area (Å²) in [6.45, 7) is 0.559. The quantitative estimate of drug-likeness (QED) is 0.403. The van der Waals surface area contributed by atoms with Crippen LogP contribution < -0.4 is 16.4 Å². The minimum Gasteiger partial charge on any atom is -0.445 e. The van der Waals surface area contributed by atoms with E-state index in [9.17, 15) is 27.6 Å². The zero-order chi connectivity index (χ0) is 25.0. The van der Waals surface area contributed by atoms with Crippen LogP contribution in [0.3, 0.4) is 0 Å². The molecule has 0 aliphatic heterocycles. The van der Waals surface area contributed by atoms with Crippen LogP contribution in [0.15, 0.2) is 54.6 Å². The van der Waals surface area contributed by atoms with Gasteiger partial charge < -0.3 is 21.1 Å². The SMILES string of the molecule is NC(=O)[C@H](Cc1cccc(C(F)(F)F)c1)NC(=O)CCCCCNC(=O)OCc1ccccc1. The smallest absolute Gasteiger partial charge is 0.416 e. The van der Waals surface area contributed by atoms with E-state index in [0.29, 0.717) is 25.8 Å². The lowest BCUT2D eigenvalue weighted by molar-refractivity contribution is -0.137. The van der Waals surface area contributed by atoms with E-state index < -0.39 is 35.7 Å². The summed E-state index contributed by atoms with van der Waals surface area (Å²) in [6.07, 6.45) is -3.29. The summed E-state index contributed by atoms with van der Waals surface area (Å²) in [5.41, 5.74) is 5.60. The van der Waals surface area contributed by atoms with Crippen LogP contribution in [0.1, 0.15) is 42.4 Å². The van der Waals surface area contributed by atoms with Crippen molar-refractivity contribution in [3.8, 4) is 0 Å². The van der Waals surface area contributed by atoms with Gasteiger partial charge in [0.05, 0.1) is 5.56 Å². The van der Waals surface area contributed by atoms with E-state index in [1.165, 1.54) is 12.1 Å². The summed E-state index contributed by atoms with van der Waals surface area (Å²) < 4.78 is 43.7. The van der Waals surface area contributed by atoms with Gasteiger partial charge in [0.25, 0.3) is 0 Å². The maximum atomic E-state index is 12.9. The van der Waals surface area contributed by atoms with Gasteiger partial charge >= 0.3 is 12.3 Å². The van der Waals surface area contributed by atoms with Crippen LogP contribution in [0.25, 0.3) is 0 Å². The molecule has 0 saturated carbocycles. The number of amides is 3. The van der Waals surface area contributed by atoms with E-state index in [4.69, 9.17) is 10.5 Å². The maximum Gasteiger partial charge on any atom is 0.416 e. The molecule has 0 heterocycles. The molecule has 3 amide bonds. The normalized spacial score (nSPS) is 12.0. The van der Waals surface area contributed by atoms with E-state index in [1.54, 1.807) is 0 Å². The van der Waals surface area contributed by atoms with E-state index in [-0.39, 0.29) is 25.0 Å². The molecule has 1 atom stereocenters. The summed E-state index contributed by atoms with van der Waals surface area (Å²) in [4.78, 5) is 35.5. The zero-order valence-corrected chi connectivity index (χ0v) is 18.6. The predicted molar refractivity (Wildman–Crippen MR) is 119 cm³/mol. The predicted octanol–water partition coefficient (Wildman–Crippen LogP) is 3.70. The number of benzene rings is 2. The van der Waals surface area contributed by atoms with Crippen molar-refractivity contribution in [3.63, 3.8) is 0 Å². The maximum absolute atomic E-state index is 12.9. The minimum absolute atomic E-state index is 0.116. The van der Waals surface area contributed by atoms with E-state index in [1.807, 2.05) is 30.3 Å². The molecule has 0 spiro atoms. The highest BCUT2D eigenvalue weighted by Gasteiger charge is 2.30. The Morgan fingerprint density at radius 1 is 0.941 bits per heavy atom.